The van der Waals surface area contributed by atoms with E-state index < -0.39 is 0 Å². The fourth-order valence-electron chi connectivity index (χ4n) is 3.84. The Kier molecular flexibility index (Phi) is 5.01. The molecule has 4 rings (SSSR count). The number of amides is 1. The van der Waals surface area contributed by atoms with Crippen molar-refractivity contribution in [3.63, 3.8) is 0 Å². The molecule has 0 aliphatic carbocycles. The maximum atomic E-state index is 12.8. The van der Waals surface area contributed by atoms with Gasteiger partial charge >= 0.3 is 0 Å². The van der Waals surface area contributed by atoms with Gasteiger partial charge in [0.1, 0.15) is 5.69 Å². The van der Waals surface area contributed by atoms with Crippen LogP contribution in [0.2, 0.25) is 0 Å². The Bertz CT molecular complexity index is 961. The number of hydrogen-bond acceptors (Lipinski definition) is 3. The van der Waals surface area contributed by atoms with Gasteiger partial charge in [0, 0.05) is 36.6 Å². The summed E-state index contributed by atoms with van der Waals surface area (Å²) < 4.78 is 1.84. The molecule has 27 heavy (non-hydrogen) atoms. The SMILES string of the molecule is CCC1CCCCN1C(=O)C=Cc1c(-c2ccccn2)nn2ccccc12. The van der Waals surface area contributed by atoms with Gasteiger partial charge in [-0.15, -0.1) is 0 Å². The second-order valence-electron chi connectivity index (χ2n) is 6.93. The molecule has 4 heterocycles. The van der Waals surface area contributed by atoms with Crippen molar-refractivity contribution in [2.45, 2.75) is 38.6 Å². The summed E-state index contributed by atoms with van der Waals surface area (Å²) in [6.07, 6.45) is 11.7. The number of rotatable bonds is 4. The molecule has 1 aliphatic rings. The zero-order valence-electron chi connectivity index (χ0n) is 15.6. The van der Waals surface area contributed by atoms with Crippen LogP contribution in [-0.2, 0) is 4.79 Å². The van der Waals surface area contributed by atoms with Crippen LogP contribution in [0, 0.1) is 0 Å². The maximum Gasteiger partial charge on any atom is 0.246 e. The Labute approximate surface area is 159 Å². The molecule has 0 aromatic carbocycles. The van der Waals surface area contributed by atoms with Crippen LogP contribution in [0.5, 0.6) is 0 Å². The minimum Gasteiger partial charge on any atom is -0.336 e. The summed E-state index contributed by atoms with van der Waals surface area (Å²) in [6, 6.07) is 12.1. The van der Waals surface area contributed by atoms with Crippen LogP contribution >= 0.6 is 0 Å². The van der Waals surface area contributed by atoms with Gasteiger partial charge in [-0.25, -0.2) is 4.52 Å². The van der Waals surface area contributed by atoms with Crippen LogP contribution in [0.4, 0.5) is 0 Å². The van der Waals surface area contributed by atoms with Gasteiger partial charge in [-0.2, -0.15) is 5.10 Å². The lowest BCUT2D eigenvalue weighted by Crippen LogP contribution is -2.42. The summed E-state index contributed by atoms with van der Waals surface area (Å²) in [5.41, 5.74) is 3.48. The minimum atomic E-state index is 0.0869. The number of aromatic nitrogens is 3. The lowest BCUT2D eigenvalue weighted by Gasteiger charge is -2.34. The van der Waals surface area contributed by atoms with Crippen molar-refractivity contribution in [1.82, 2.24) is 19.5 Å². The standard InChI is InChI=1S/C22H24N4O/c1-2-17-9-4-7-15-25(17)21(27)13-12-18-20-11-5-8-16-26(20)24-22(18)19-10-3-6-14-23-19/h3,5-6,8,10-14,16-17H,2,4,7,9,15H2,1H3. The highest BCUT2D eigenvalue weighted by molar-refractivity contribution is 5.95. The lowest BCUT2D eigenvalue weighted by molar-refractivity contribution is -0.129. The Balaban J connectivity index is 1.70. The average molecular weight is 360 g/mol. The lowest BCUT2D eigenvalue weighted by atomic mass is 10.00. The molecule has 138 valence electrons. The first-order valence-electron chi connectivity index (χ1n) is 9.65. The minimum absolute atomic E-state index is 0.0869. The van der Waals surface area contributed by atoms with Crippen LogP contribution in [0.25, 0.3) is 23.0 Å². The van der Waals surface area contributed by atoms with Crippen molar-refractivity contribution in [3.8, 4) is 11.4 Å². The van der Waals surface area contributed by atoms with E-state index in [0.29, 0.717) is 6.04 Å². The number of pyridine rings is 2. The summed E-state index contributed by atoms with van der Waals surface area (Å²) in [6.45, 7) is 3.01. The second kappa shape index (κ2) is 7.74. The molecule has 1 saturated heterocycles. The summed E-state index contributed by atoms with van der Waals surface area (Å²) in [5, 5.41) is 4.68. The monoisotopic (exact) mass is 360 g/mol. The first-order valence-corrected chi connectivity index (χ1v) is 9.65. The van der Waals surface area contributed by atoms with Crippen LogP contribution in [0.3, 0.4) is 0 Å². The van der Waals surface area contributed by atoms with E-state index in [2.05, 4.69) is 17.0 Å². The molecule has 3 aromatic rings. The van der Waals surface area contributed by atoms with E-state index in [1.165, 1.54) is 6.42 Å². The summed E-state index contributed by atoms with van der Waals surface area (Å²) in [5.74, 6) is 0.0869. The van der Waals surface area contributed by atoms with Crippen LogP contribution in [0.1, 0.15) is 38.2 Å². The molecule has 0 spiro atoms. The molecule has 1 unspecified atom stereocenters. The van der Waals surface area contributed by atoms with Crippen molar-refractivity contribution in [3.05, 3.63) is 60.4 Å². The molecule has 1 amide bonds. The number of likely N-dealkylation sites (tertiary alicyclic amines) is 1. The van der Waals surface area contributed by atoms with Gasteiger partial charge in [0.15, 0.2) is 0 Å². The molecule has 1 atom stereocenters. The quantitative estimate of drug-likeness (QED) is 0.655. The molecule has 0 saturated carbocycles. The molecule has 3 aromatic heterocycles. The largest absolute Gasteiger partial charge is 0.336 e. The number of carbonyl (C=O) groups is 1. The van der Waals surface area contributed by atoms with Crippen molar-refractivity contribution >= 4 is 17.5 Å². The zero-order valence-corrected chi connectivity index (χ0v) is 15.6. The van der Waals surface area contributed by atoms with E-state index in [4.69, 9.17) is 0 Å². The van der Waals surface area contributed by atoms with Crippen molar-refractivity contribution in [1.29, 1.82) is 0 Å². The molecule has 1 fully saturated rings. The van der Waals surface area contributed by atoms with Gasteiger partial charge in [-0.3, -0.25) is 9.78 Å². The highest BCUT2D eigenvalue weighted by Crippen LogP contribution is 2.26. The predicted molar refractivity (Wildman–Crippen MR) is 107 cm³/mol. The summed E-state index contributed by atoms with van der Waals surface area (Å²) >= 11 is 0. The van der Waals surface area contributed by atoms with E-state index in [0.717, 1.165) is 48.3 Å². The number of carbonyl (C=O) groups excluding carboxylic acids is 1. The Morgan fingerprint density at radius 3 is 2.93 bits per heavy atom. The number of piperidine rings is 1. The Hall–Kier alpha value is -2.95. The van der Waals surface area contributed by atoms with Gasteiger partial charge < -0.3 is 4.90 Å². The second-order valence-corrected chi connectivity index (χ2v) is 6.93. The Morgan fingerprint density at radius 2 is 2.11 bits per heavy atom. The van der Waals surface area contributed by atoms with Crippen molar-refractivity contribution in [2.24, 2.45) is 0 Å². The van der Waals surface area contributed by atoms with E-state index >= 15 is 0 Å². The van der Waals surface area contributed by atoms with Crippen molar-refractivity contribution < 1.29 is 4.79 Å². The molecule has 1 aliphatic heterocycles. The first-order chi connectivity index (χ1) is 13.3. The van der Waals surface area contributed by atoms with E-state index in [-0.39, 0.29) is 5.91 Å². The average Bonchev–Trinajstić information content (AvgIpc) is 3.11. The fraction of sp³-hybridized carbons (Fsp3) is 0.318. The third kappa shape index (κ3) is 3.50. The number of nitrogens with zero attached hydrogens (tertiary/aromatic N) is 4. The van der Waals surface area contributed by atoms with Gasteiger partial charge in [-0.05, 0) is 56.0 Å². The highest BCUT2D eigenvalue weighted by atomic mass is 16.2. The molecule has 5 nitrogen and oxygen atoms in total. The molecule has 0 bridgehead atoms. The summed E-state index contributed by atoms with van der Waals surface area (Å²) in [4.78, 5) is 19.3. The molecule has 0 N–H and O–H groups in total. The third-order valence-electron chi connectivity index (χ3n) is 5.26. The van der Waals surface area contributed by atoms with E-state index in [9.17, 15) is 4.79 Å². The fourth-order valence-corrected chi connectivity index (χ4v) is 3.84. The smallest absolute Gasteiger partial charge is 0.246 e. The molecular formula is C22H24N4O. The molecule has 5 heteroatoms. The number of hydrogen-bond donors (Lipinski definition) is 0. The third-order valence-corrected chi connectivity index (χ3v) is 5.26. The Morgan fingerprint density at radius 1 is 1.22 bits per heavy atom. The van der Waals surface area contributed by atoms with Gasteiger partial charge in [0.05, 0.1) is 11.2 Å². The number of fused-ring (bicyclic) bond motifs is 1. The van der Waals surface area contributed by atoms with Crippen molar-refractivity contribution in [2.75, 3.05) is 6.54 Å². The van der Waals surface area contributed by atoms with Crippen LogP contribution < -0.4 is 0 Å². The topological polar surface area (TPSA) is 50.5 Å². The highest BCUT2D eigenvalue weighted by Gasteiger charge is 2.24. The van der Waals surface area contributed by atoms with Crippen LogP contribution in [-0.4, -0.2) is 38.0 Å². The first kappa shape index (κ1) is 17.5. The maximum absolute atomic E-state index is 12.8. The zero-order chi connectivity index (χ0) is 18.6. The van der Waals surface area contributed by atoms with Gasteiger partial charge in [0.25, 0.3) is 0 Å². The molecule has 0 radical (unpaired) electrons. The van der Waals surface area contributed by atoms with E-state index in [1.807, 2.05) is 58.1 Å². The van der Waals surface area contributed by atoms with Gasteiger partial charge in [0.2, 0.25) is 5.91 Å². The predicted octanol–water partition coefficient (Wildman–Crippen LogP) is 4.20. The van der Waals surface area contributed by atoms with Crippen LogP contribution in [0.15, 0.2) is 54.9 Å². The normalized spacial score (nSPS) is 17.7. The molecular weight excluding hydrogens is 336 g/mol. The van der Waals surface area contributed by atoms with E-state index in [1.54, 1.807) is 12.3 Å². The summed E-state index contributed by atoms with van der Waals surface area (Å²) in [7, 11) is 0. The van der Waals surface area contributed by atoms with Gasteiger partial charge in [-0.1, -0.05) is 19.1 Å².